The molecule has 2 heterocycles. The molecule has 6 heteroatoms. The van der Waals surface area contributed by atoms with E-state index in [1.165, 1.54) is 23.1 Å². The Morgan fingerprint density at radius 3 is 2.82 bits per heavy atom. The third-order valence-electron chi connectivity index (χ3n) is 2.82. The summed E-state index contributed by atoms with van der Waals surface area (Å²) in [4.78, 5) is 21.5. The molecule has 0 radical (unpaired) electrons. The number of pyridine rings is 1. The summed E-state index contributed by atoms with van der Waals surface area (Å²) in [7, 11) is 0. The van der Waals surface area contributed by atoms with Crippen LogP contribution in [0, 0.1) is 0 Å². The van der Waals surface area contributed by atoms with Crippen molar-refractivity contribution in [2.24, 2.45) is 0 Å². The lowest BCUT2D eigenvalue weighted by atomic mass is 10.2. The predicted molar refractivity (Wildman–Crippen MR) is 91.1 cm³/mol. The largest absolute Gasteiger partial charge is 0.301 e. The van der Waals surface area contributed by atoms with E-state index in [0.29, 0.717) is 10.9 Å². The van der Waals surface area contributed by atoms with E-state index >= 15 is 0 Å². The second-order valence-corrected chi connectivity index (χ2v) is 6.34. The summed E-state index contributed by atoms with van der Waals surface area (Å²) in [6.07, 6.45) is 3.48. The molecule has 0 spiro atoms. The molecule has 0 saturated heterocycles. The van der Waals surface area contributed by atoms with E-state index in [9.17, 15) is 4.79 Å². The molecule has 1 N–H and O–H groups in total. The molecule has 0 aliphatic heterocycles. The van der Waals surface area contributed by atoms with Gasteiger partial charge in [0, 0.05) is 28.2 Å². The van der Waals surface area contributed by atoms with E-state index in [1.54, 1.807) is 12.4 Å². The smallest absolute Gasteiger partial charge is 0.236 e. The number of nitrogens with zero attached hydrogens (tertiary/aromatic N) is 2. The highest BCUT2D eigenvalue weighted by Gasteiger charge is 2.08. The maximum Gasteiger partial charge on any atom is 0.236 e. The molecule has 0 atom stereocenters. The first-order valence-corrected chi connectivity index (χ1v) is 8.51. The Morgan fingerprint density at radius 2 is 2.05 bits per heavy atom. The average Bonchev–Trinajstić information content (AvgIpc) is 3.03. The third-order valence-corrected chi connectivity index (χ3v) is 4.59. The minimum atomic E-state index is -0.0547. The lowest BCUT2D eigenvalue weighted by Crippen LogP contribution is -2.13. The first-order valence-electron chi connectivity index (χ1n) is 6.65. The van der Waals surface area contributed by atoms with Gasteiger partial charge in [-0.15, -0.1) is 23.1 Å². The Hall–Kier alpha value is -2.18. The highest BCUT2D eigenvalue weighted by Crippen LogP contribution is 2.24. The first kappa shape index (κ1) is 14.7. The maximum absolute atomic E-state index is 12.0. The van der Waals surface area contributed by atoms with Gasteiger partial charge in [-0.25, -0.2) is 4.98 Å². The molecule has 22 heavy (non-hydrogen) atoms. The molecule has 1 amide bonds. The first-order chi connectivity index (χ1) is 10.8. The summed E-state index contributed by atoms with van der Waals surface area (Å²) in [6, 6.07) is 13.7. The zero-order valence-electron chi connectivity index (χ0n) is 11.6. The normalized spacial score (nSPS) is 10.4. The Kier molecular flexibility index (Phi) is 4.82. The molecule has 1 aromatic carbocycles. The van der Waals surface area contributed by atoms with Gasteiger partial charge in [-0.2, -0.15) is 0 Å². The molecule has 4 nitrogen and oxygen atoms in total. The van der Waals surface area contributed by atoms with Gasteiger partial charge in [-0.05, 0) is 24.3 Å². The molecule has 3 aromatic rings. The molecule has 2 aromatic heterocycles. The summed E-state index contributed by atoms with van der Waals surface area (Å²) < 4.78 is 0. The zero-order chi connectivity index (χ0) is 15.2. The van der Waals surface area contributed by atoms with E-state index in [1.807, 2.05) is 47.8 Å². The monoisotopic (exact) mass is 327 g/mol. The van der Waals surface area contributed by atoms with Crippen molar-refractivity contribution in [1.29, 1.82) is 0 Å². The number of hydrogen-bond donors (Lipinski definition) is 1. The van der Waals surface area contributed by atoms with Crippen LogP contribution in [0.15, 0.2) is 65.1 Å². The van der Waals surface area contributed by atoms with Crippen LogP contribution in [-0.4, -0.2) is 21.6 Å². The number of hydrogen-bond acceptors (Lipinski definition) is 5. The Morgan fingerprint density at radius 1 is 1.18 bits per heavy atom. The van der Waals surface area contributed by atoms with Gasteiger partial charge in [-0.1, -0.05) is 18.2 Å². The van der Waals surface area contributed by atoms with Crippen molar-refractivity contribution in [1.82, 2.24) is 9.97 Å². The van der Waals surface area contributed by atoms with Crippen molar-refractivity contribution < 1.29 is 4.79 Å². The number of anilines is 1. The van der Waals surface area contributed by atoms with Crippen LogP contribution in [0.25, 0.3) is 11.3 Å². The highest BCUT2D eigenvalue weighted by atomic mass is 32.2. The number of amides is 1. The zero-order valence-corrected chi connectivity index (χ0v) is 13.2. The predicted octanol–water partition coefficient (Wildman–Crippen LogP) is 3.94. The summed E-state index contributed by atoms with van der Waals surface area (Å²) in [6.45, 7) is 0. The SMILES string of the molecule is O=C(CSc1ccccc1)Nc1nc(-c2cccnc2)cs1. The number of aromatic nitrogens is 2. The number of benzene rings is 1. The van der Waals surface area contributed by atoms with E-state index in [-0.39, 0.29) is 5.91 Å². The van der Waals surface area contributed by atoms with Crippen molar-refractivity contribution >= 4 is 34.1 Å². The van der Waals surface area contributed by atoms with Crippen molar-refractivity contribution in [3.05, 3.63) is 60.2 Å². The Labute approximate surface area is 136 Å². The summed E-state index contributed by atoms with van der Waals surface area (Å²) in [5.74, 6) is 0.312. The van der Waals surface area contributed by atoms with Crippen molar-refractivity contribution in [3.8, 4) is 11.3 Å². The molecule has 0 fully saturated rings. The number of rotatable bonds is 5. The van der Waals surface area contributed by atoms with E-state index in [2.05, 4.69) is 15.3 Å². The second-order valence-electron chi connectivity index (χ2n) is 4.43. The number of nitrogens with one attached hydrogen (secondary N) is 1. The van der Waals surface area contributed by atoms with Gasteiger partial charge >= 0.3 is 0 Å². The van der Waals surface area contributed by atoms with Crippen LogP contribution in [0.1, 0.15) is 0 Å². The summed E-state index contributed by atoms with van der Waals surface area (Å²) >= 11 is 2.92. The molecule has 0 aliphatic carbocycles. The maximum atomic E-state index is 12.0. The van der Waals surface area contributed by atoms with Crippen molar-refractivity contribution in [3.63, 3.8) is 0 Å². The quantitative estimate of drug-likeness (QED) is 0.721. The second kappa shape index (κ2) is 7.20. The number of carbonyl (C=O) groups is 1. The fourth-order valence-corrected chi connectivity index (χ4v) is 3.25. The van der Waals surface area contributed by atoms with Crippen molar-refractivity contribution in [2.45, 2.75) is 4.90 Å². The van der Waals surface area contributed by atoms with Crippen LogP contribution in [0.2, 0.25) is 0 Å². The van der Waals surface area contributed by atoms with Crippen LogP contribution in [0.5, 0.6) is 0 Å². The molecule has 3 rings (SSSR count). The van der Waals surface area contributed by atoms with Gasteiger partial charge in [-0.3, -0.25) is 9.78 Å². The molecule has 110 valence electrons. The van der Waals surface area contributed by atoms with Crippen LogP contribution >= 0.6 is 23.1 Å². The standard InChI is InChI=1S/C16H13N3OS2/c20-15(11-21-13-6-2-1-3-7-13)19-16-18-14(10-22-16)12-5-4-8-17-9-12/h1-10H,11H2,(H,18,19,20). The molecule has 0 aliphatic rings. The average molecular weight is 327 g/mol. The lowest BCUT2D eigenvalue weighted by molar-refractivity contribution is -0.113. The minimum Gasteiger partial charge on any atom is -0.301 e. The highest BCUT2D eigenvalue weighted by molar-refractivity contribution is 8.00. The molecule has 0 saturated carbocycles. The number of thioether (sulfide) groups is 1. The van der Waals surface area contributed by atoms with Crippen LogP contribution < -0.4 is 5.32 Å². The fourth-order valence-electron chi connectivity index (χ4n) is 1.80. The number of carbonyl (C=O) groups excluding carboxylic acids is 1. The van der Waals surface area contributed by atoms with Crippen LogP contribution in [-0.2, 0) is 4.79 Å². The topological polar surface area (TPSA) is 54.9 Å². The fraction of sp³-hybridized carbons (Fsp3) is 0.0625. The van der Waals surface area contributed by atoms with Crippen LogP contribution in [0.4, 0.5) is 5.13 Å². The molecule has 0 bridgehead atoms. The Balaban J connectivity index is 1.57. The molecular formula is C16H13N3OS2. The van der Waals surface area contributed by atoms with Gasteiger partial charge in [0.05, 0.1) is 11.4 Å². The summed E-state index contributed by atoms with van der Waals surface area (Å²) in [5.41, 5.74) is 1.77. The minimum absolute atomic E-state index is 0.0547. The van der Waals surface area contributed by atoms with Gasteiger partial charge in [0.2, 0.25) is 5.91 Å². The summed E-state index contributed by atoms with van der Waals surface area (Å²) in [5, 5.41) is 5.35. The lowest BCUT2D eigenvalue weighted by Gasteiger charge is -2.02. The van der Waals surface area contributed by atoms with E-state index < -0.39 is 0 Å². The van der Waals surface area contributed by atoms with Gasteiger partial charge in [0.15, 0.2) is 5.13 Å². The van der Waals surface area contributed by atoms with Crippen LogP contribution in [0.3, 0.4) is 0 Å². The van der Waals surface area contributed by atoms with E-state index in [0.717, 1.165) is 16.2 Å². The van der Waals surface area contributed by atoms with Crippen molar-refractivity contribution in [2.75, 3.05) is 11.1 Å². The Bertz CT molecular complexity index is 744. The third kappa shape index (κ3) is 3.93. The van der Waals surface area contributed by atoms with E-state index in [4.69, 9.17) is 0 Å². The van der Waals surface area contributed by atoms with Gasteiger partial charge in [0.25, 0.3) is 0 Å². The number of thiazole rings is 1. The molecule has 0 unspecified atom stereocenters. The van der Waals surface area contributed by atoms with Gasteiger partial charge in [0.1, 0.15) is 0 Å². The van der Waals surface area contributed by atoms with Gasteiger partial charge < -0.3 is 5.32 Å². The molecular weight excluding hydrogens is 314 g/mol.